The number of hydrogen-bond donors (Lipinski definition) is 4. The van der Waals surface area contributed by atoms with Crippen molar-refractivity contribution in [3.8, 4) is 0 Å². The number of aryl methyl sites for hydroxylation is 1. The first-order chi connectivity index (χ1) is 14.6. The maximum absolute atomic E-state index is 12.8. The molecule has 0 radical (unpaired) electrons. The van der Waals surface area contributed by atoms with Crippen LogP contribution in [0.4, 0.5) is 0 Å². The zero-order valence-electron chi connectivity index (χ0n) is 17.0. The van der Waals surface area contributed by atoms with Gasteiger partial charge in [-0.05, 0) is 6.92 Å². The minimum Gasteiger partial charge on any atom is -0.480 e. The van der Waals surface area contributed by atoms with Crippen LogP contribution in [0.25, 0.3) is 0 Å². The number of thioether (sulfide) groups is 1. The smallest absolute Gasteiger partial charge is 0.333 e. The van der Waals surface area contributed by atoms with Crippen LogP contribution in [0.5, 0.6) is 0 Å². The molecule has 12 nitrogen and oxygen atoms in total. The van der Waals surface area contributed by atoms with Crippen LogP contribution in [0, 0.1) is 6.92 Å². The van der Waals surface area contributed by atoms with Crippen molar-refractivity contribution in [3.63, 3.8) is 0 Å². The van der Waals surface area contributed by atoms with Gasteiger partial charge in [0.05, 0.1) is 25.8 Å². The highest BCUT2D eigenvalue weighted by molar-refractivity contribution is 7.99. The fourth-order valence-electron chi connectivity index (χ4n) is 3.26. The van der Waals surface area contributed by atoms with E-state index in [1.54, 1.807) is 6.92 Å². The van der Waals surface area contributed by atoms with E-state index in [9.17, 15) is 29.4 Å². The number of carbonyl (C=O) groups is 2. The van der Waals surface area contributed by atoms with Gasteiger partial charge in [0.25, 0.3) is 5.56 Å². The molecule has 0 bridgehead atoms. The van der Waals surface area contributed by atoms with E-state index in [1.807, 2.05) is 0 Å². The molecule has 4 N–H and O–H groups in total. The molecule has 0 saturated carbocycles. The Morgan fingerprint density at radius 1 is 1.23 bits per heavy atom. The third-order valence-corrected chi connectivity index (χ3v) is 5.73. The van der Waals surface area contributed by atoms with Crippen molar-refractivity contribution in [1.29, 1.82) is 0 Å². The quantitative estimate of drug-likeness (QED) is 0.258. The summed E-state index contributed by atoms with van der Waals surface area (Å²) in [6.07, 6.45) is -1.02. The molecular weight excluding hydrogens is 434 g/mol. The predicted molar refractivity (Wildman–Crippen MR) is 110 cm³/mol. The van der Waals surface area contributed by atoms with Gasteiger partial charge in [-0.15, -0.1) is 0 Å². The van der Waals surface area contributed by atoms with Crippen LogP contribution >= 0.6 is 11.8 Å². The standard InChI is InChI=1S/C18H27N3O9S/c1-11-7-21(14-6-12(23)13(10-22)30-14)18(29)20(17(11)28)3-5-31-4-2-19(8-15(24)25)9-16(26)27/h7,12-14,22-23H,2-6,8-10H2,1H3,(H,24,25)(H,26,27)/t12-,13+,14+/m0/s1. The van der Waals surface area contributed by atoms with Crippen LogP contribution < -0.4 is 11.2 Å². The fourth-order valence-corrected chi connectivity index (χ4v) is 4.16. The van der Waals surface area contributed by atoms with Crippen LogP contribution in [0.3, 0.4) is 0 Å². The third-order valence-electron chi connectivity index (χ3n) is 4.79. The molecule has 1 aromatic heterocycles. The molecule has 31 heavy (non-hydrogen) atoms. The van der Waals surface area contributed by atoms with Crippen molar-refractivity contribution in [2.24, 2.45) is 0 Å². The molecule has 13 heteroatoms. The van der Waals surface area contributed by atoms with Crippen molar-refractivity contribution in [2.45, 2.75) is 38.3 Å². The Morgan fingerprint density at radius 2 is 1.87 bits per heavy atom. The van der Waals surface area contributed by atoms with Gasteiger partial charge in [-0.1, -0.05) is 0 Å². The van der Waals surface area contributed by atoms with Crippen LogP contribution in [0.1, 0.15) is 18.2 Å². The highest BCUT2D eigenvalue weighted by Gasteiger charge is 2.35. The molecule has 0 aromatic carbocycles. The number of hydrogen-bond acceptors (Lipinski definition) is 9. The molecular formula is C18H27N3O9S. The zero-order chi connectivity index (χ0) is 23.1. The largest absolute Gasteiger partial charge is 0.480 e. The van der Waals surface area contributed by atoms with Gasteiger partial charge in [-0.3, -0.25) is 28.4 Å². The molecule has 0 unspecified atom stereocenters. The summed E-state index contributed by atoms with van der Waals surface area (Å²) in [5.41, 5.74) is -0.716. The lowest BCUT2D eigenvalue weighted by Crippen LogP contribution is -2.42. The van der Waals surface area contributed by atoms with Crippen molar-refractivity contribution in [3.05, 3.63) is 32.6 Å². The first-order valence-electron chi connectivity index (χ1n) is 9.64. The summed E-state index contributed by atoms with van der Waals surface area (Å²) < 4.78 is 7.82. The van der Waals surface area contributed by atoms with Gasteiger partial charge in [-0.2, -0.15) is 11.8 Å². The van der Waals surface area contributed by atoms with E-state index in [-0.39, 0.29) is 26.1 Å². The van der Waals surface area contributed by atoms with Gasteiger partial charge in [0.1, 0.15) is 12.3 Å². The lowest BCUT2D eigenvalue weighted by molar-refractivity contribution is -0.141. The SMILES string of the molecule is Cc1cn([C@H]2C[C@H](O)[C@@H](CO)O2)c(=O)n(CCSCCN(CC(=O)O)CC(=O)O)c1=O. The summed E-state index contributed by atoms with van der Waals surface area (Å²) in [7, 11) is 0. The Labute approximate surface area is 181 Å². The molecule has 1 aliphatic heterocycles. The Hall–Kier alpha value is -2.19. The maximum Gasteiger partial charge on any atom is 0.333 e. The number of ether oxygens (including phenoxy) is 1. The van der Waals surface area contributed by atoms with Gasteiger partial charge in [0, 0.05) is 42.8 Å². The molecule has 3 atom stereocenters. The molecule has 0 aliphatic carbocycles. The Balaban J connectivity index is 2.00. The van der Waals surface area contributed by atoms with E-state index in [1.165, 1.54) is 27.4 Å². The van der Waals surface area contributed by atoms with E-state index in [2.05, 4.69) is 0 Å². The Morgan fingerprint density at radius 3 is 2.42 bits per heavy atom. The fraction of sp³-hybridized carbons (Fsp3) is 0.667. The average molecular weight is 461 g/mol. The number of aliphatic hydroxyl groups is 2. The van der Waals surface area contributed by atoms with E-state index in [0.29, 0.717) is 17.1 Å². The maximum atomic E-state index is 12.8. The van der Waals surface area contributed by atoms with E-state index < -0.39 is 54.7 Å². The average Bonchev–Trinajstić information content (AvgIpc) is 3.06. The number of aliphatic carboxylic acids is 2. The number of nitrogens with zero attached hydrogens (tertiary/aromatic N) is 3. The van der Waals surface area contributed by atoms with Crippen molar-refractivity contribution in [2.75, 3.05) is 37.7 Å². The van der Waals surface area contributed by atoms with E-state index >= 15 is 0 Å². The molecule has 1 aromatic rings. The third kappa shape index (κ3) is 6.90. The van der Waals surface area contributed by atoms with Crippen molar-refractivity contribution in [1.82, 2.24) is 14.0 Å². The molecule has 1 aliphatic rings. The lowest BCUT2D eigenvalue weighted by atomic mass is 10.2. The molecule has 1 fully saturated rings. The summed E-state index contributed by atoms with van der Waals surface area (Å²) in [5, 5.41) is 36.8. The summed E-state index contributed by atoms with van der Waals surface area (Å²) in [5.74, 6) is -1.45. The summed E-state index contributed by atoms with van der Waals surface area (Å²) >= 11 is 1.36. The van der Waals surface area contributed by atoms with Gasteiger partial charge in [0.2, 0.25) is 0 Å². The van der Waals surface area contributed by atoms with Crippen molar-refractivity contribution >= 4 is 23.7 Å². The molecule has 2 rings (SSSR count). The van der Waals surface area contributed by atoms with Crippen LogP contribution in [0.15, 0.2) is 15.8 Å². The number of aliphatic hydroxyl groups excluding tert-OH is 2. The van der Waals surface area contributed by atoms with Gasteiger partial charge < -0.3 is 25.2 Å². The first-order valence-corrected chi connectivity index (χ1v) is 10.8. The van der Waals surface area contributed by atoms with Gasteiger partial charge in [0.15, 0.2) is 0 Å². The normalized spacial score (nSPS) is 21.0. The number of aromatic nitrogens is 2. The molecule has 0 amide bonds. The molecule has 0 spiro atoms. The predicted octanol–water partition coefficient (Wildman–Crippen LogP) is -1.84. The van der Waals surface area contributed by atoms with Gasteiger partial charge >= 0.3 is 17.6 Å². The molecule has 2 heterocycles. The van der Waals surface area contributed by atoms with Crippen LogP contribution in [0.2, 0.25) is 0 Å². The zero-order valence-corrected chi connectivity index (χ0v) is 17.9. The number of carboxylic acid groups (broad SMARTS) is 2. The monoisotopic (exact) mass is 461 g/mol. The second-order valence-corrected chi connectivity index (χ2v) is 8.41. The topological polar surface area (TPSA) is 172 Å². The Kier molecular flexibility index (Phi) is 9.25. The summed E-state index contributed by atoms with van der Waals surface area (Å²) in [6, 6.07) is 0. The van der Waals surface area contributed by atoms with Crippen molar-refractivity contribution < 1.29 is 34.8 Å². The molecule has 174 valence electrons. The Bertz CT molecular complexity index is 884. The minimum atomic E-state index is -1.12. The minimum absolute atomic E-state index is 0.0978. The van der Waals surface area contributed by atoms with E-state index in [4.69, 9.17) is 14.9 Å². The molecule has 1 saturated heterocycles. The lowest BCUT2D eigenvalue weighted by Gasteiger charge is -2.18. The summed E-state index contributed by atoms with van der Waals surface area (Å²) in [6.45, 7) is 0.718. The number of rotatable bonds is 12. The second-order valence-electron chi connectivity index (χ2n) is 7.18. The summed E-state index contributed by atoms with van der Waals surface area (Å²) in [4.78, 5) is 48.1. The number of carboxylic acids is 2. The first kappa shape index (κ1) is 25.1. The van der Waals surface area contributed by atoms with Gasteiger partial charge in [-0.25, -0.2) is 4.79 Å². The highest BCUT2D eigenvalue weighted by atomic mass is 32.2. The van der Waals surface area contributed by atoms with E-state index in [0.717, 1.165) is 4.57 Å². The highest BCUT2D eigenvalue weighted by Crippen LogP contribution is 2.27. The van der Waals surface area contributed by atoms with Crippen LogP contribution in [-0.4, -0.2) is 96.4 Å². The van der Waals surface area contributed by atoms with Crippen LogP contribution in [-0.2, 0) is 20.9 Å². The second kappa shape index (κ2) is 11.4.